The summed E-state index contributed by atoms with van der Waals surface area (Å²) in [7, 11) is 0. The number of pyridine rings is 1. The third kappa shape index (κ3) is 3.53. The second kappa shape index (κ2) is 5.46. The molecule has 0 aliphatic rings. The number of aromatic nitrogens is 1. The molecule has 0 saturated carbocycles. The molecular weight excluding hydrogens is 205 g/mol. The number of hydrogen-bond acceptors (Lipinski definition) is 1. The second-order valence-electron chi connectivity index (χ2n) is 3.01. The minimum absolute atomic E-state index is 0.254. The van der Waals surface area contributed by atoms with E-state index in [0.717, 1.165) is 29.8 Å². The SMILES string of the molecule is CCC(Cl)CCc1ccncc1Cl. The van der Waals surface area contributed by atoms with Gasteiger partial charge in [0.15, 0.2) is 0 Å². The fourth-order valence-electron chi connectivity index (χ4n) is 1.12. The highest BCUT2D eigenvalue weighted by Gasteiger charge is 2.04. The van der Waals surface area contributed by atoms with Gasteiger partial charge in [0.2, 0.25) is 0 Å². The Hall–Kier alpha value is -0.270. The molecule has 0 radical (unpaired) electrons. The van der Waals surface area contributed by atoms with Gasteiger partial charge in [-0.05, 0) is 30.9 Å². The van der Waals surface area contributed by atoms with E-state index >= 15 is 0 Å². The van der Waals surface area contributed by atoms with Crippen molar-refractivity contribution in [3.05, 3.63) is 29.0 Å². The molecule has 1 atom stereocenters. The predicted octanol–water partition coefficient (Wildman–Crippen LogP) is 3.69. The van der Waals surface area contributed by atoms with Gasteiger partial charge in [-0.25, -0.2) is 0 Å². The Morgan fingerprint density at radius 2 is 2.31 bits per heavy atom. The average Bonchev–Trinajstić information content (AvgIpc) is 2.16. The van der Waals surface area contributed by atoms with Crippen LogP contribution in [0.2, 0.25) is 5.02 Å². The first-order chi connectivity index (χ1) is 6.24. The summed E-state index contributed by atoms with van der Waals surface area (Å²) in [6.07, 6.45) is 6.35. The van der Waals surface area contributed by atoms with Crippen LogP contribution in [0.25, 0.3) is 0 Å². The van der Waals surface area contributed by atoms with Gasteiger partial charge in [0, 0.05) is 17.8 Å². The van der Waals surface area contributed by atoms with E-state index in [0.29, 0.717) is 0 Å². The number of rotatable bonds is 4. The number of aryl methyl sites for hydroxylation is 1. The molecule has 0 aromatic carbocycles. The molecule has 0 aliphatic heterocycles. The zero-order valence-corrected chi connectivity index (χ0v) is 9.15. The molecule has 3 heteroatoms. The third-order valence-electron chi connectivity index (χ3n) is 2.03. The van der Waals surface area contributed by atoms with Crippen LogP contribution < -0.4 is 0 Å². The summed E-state index contributed by atoms with van der Waals surface area (Å²) >= 11 is 12.0. The van der Waals surface area contributed by atoms with E-state index in [-0.39, 0.29) is 5.38 Å². The fourth-order valence-corrected chi connectivity index (χ4v) is 1.45. The van der Waals surface area contributed by atoms with Crippen molar-refractivity contribution in [2.75, 3.05) is 0 Å². The van der Waals surface area contributed by atoms with Crippen LogP contribution in [0.5, 0.6) is 0 Å². The highest BCUT2D eigenvalue weighted by atomic mass is 35.5. The zero-order valence-electron chi connectivity index (χ0n) is 7.63. The molecular formula is C10H13Cl2N. The molecule has 0 aliphatic carbocycles. The Labute approximate surface area is 89.1 Å². The van der Waals surface area contributed by atoms with Crippen molar-refractivity contribution < 1.29 is 0 Å². The molecule has 0 spiro atoms. The zero-order chi connectivity index (χ0) is 9.68. The van der Waals surface area contributed by atoms with Gasteiger partial charge in [0.25, 0.3) is 0 Å². The van der Waals surface area contributed by atoms with Crippen LogP contribution in [0, 0.1) is 0 Å². The lowest BCUT2D eigenvalue weighted by Crippen LogP contribution is -1.99. The van der Waals surface area contributed by atoms with Crippen LogP contribution in [0.3, 0.4) is 0 Å². The number of nitrogens with zero attached hydrogens (tertiary/aromatic N) is 1. The molecule has 0 saturated heterocycles. The Morgan fingerprint density at radius 1 is 1.54 bits per heavy atom. The van der Waals surface area contributed by atoms with E-state index in [1.165, 1.54) is 0 Å². The van der Waals surface area contributed by atoms with Gasteiger partial charge in [-0.1, -0.05) is 18.5 Å². The van der Waals surface area contributed by atoms with Crippen molar-refractivity contribution in [2.45, 2.75) is 31.6 Å². The van der Waals surface area contributed by atoms with Gasteiger partial charge in [-0.15, -0.1) is 11.6 Å². The quantitative estimate of drug-likeness (QED) is 0.702. The molecule has 0 amide bonds. The summed E-state index contributed by atoms with van der Waals surface area (Å²) in [5.41, 5.74) is 1.13. The topological polar surface area (TPSA) is 12.9 Å². The normalized spacial score (nSPS) is 12.8. The van der Waals surface area contributed by atoms with Crippen LogP contribution in [-0.2, 0) is 6.42 Å². The molecule has 72 valence electrons. The molecule has 1 aromatic rings. The standard InChI is InChI=1S/C10H13Cl2N/c1-2-9(11)4-3-8-5-6-13-7-10(8)12/h5-7,9H,2-4H2,1H3. The van der Waals surface area contributed by atoms with Crippen LogP contribution >= 0.6 is 23.2 Å². The van der Waals surface area contributed by atoms with Gasteiger partial charge >= 0.3 is 0 Å². The summed E-state index contributed by atoms with van der Waals surface area (Å²) in [5, 5.41) is 0.992. The number of hydrogen-bond donors (Lipinski definition) is 0. The Balaban J connectivity index is 2.50. The molecule has 13 heavy (non-hydrogen) atoms. The second-order valence-corrected chi connectivity index (χ2v) is 4.04. The van der Waals surface area contributed by atoms with E-state index in [2.05, 4.69) is 11.9 Å². The molecule has 0 N–H and O–H groups in total. The highest BCUT2D eigenvalue weighted by Crippen LogP contribution is 2.18. The smallest absolute Gasteiger partial charge is 0.0621 e. The number of alkyl halides is 1. The van der Waals surface area contributed by atoms with Crippen LogP contribution in [0.1, 0.15) is 25.3 Å². The van der Waals surface area contributed by atoms with Crippen molar-refractivity contribution in [3.8, 4) is 0 Å². The van der Waals surface area contributed by atoms with Crippen LogP contribution in [0.15, 0.2) is 18.5 Å². The van der Waals surface area contributed by atoms with Crippen molar-refractivity contribution >= 4 is 23.2 Å². The van der Waals surface area contributed by atoms with Crippen molar-refractivity contribution in [3.63, 3.8) is 0 Å². The first-order valence-electron chi connectivity index (χ1n) is 4.46. The van der Waals surface area contributed by atoms with Crippen molar-refractivity contribution in [1.82, 2.24) is 4.98 Å². The maximum absolute atomic E-state index is 6.01. The Morgan fingerprint density at radius 3 is 2.92 bits per heavy atom. The van der Waals surface area contributed by atoms with Gasteiger partial charge in [0.05, 0.1) is 5.02 Å². The number of halogens is 2. The molecule has 1 aromatic heterocycles. The van der Waals surface area contributed by atoms with E-state index in [9.17, 15) is 0 Å². The van der Waals surface area contributed by atoms with Gasteiger partial charge in [-0.3, -0.25) is 4.98 Å². The summed E-state index contributed by atoms with van der Waals surface area (Å²) < 4.78 is 0. The minimum atomic E-state index is 0.254. The van der Waals surface area contributed by atoms with E-state index in [4.69, 9.17) is 23.2 Å². The largest absolute Gasteiger partial charge is 0.263 e. The predicted molar refractivity (Wildman–Crippen MR) is 57.5 cm³/mol. The highest BCUT2D eigenvalue weighted by molar-refractivity contribution is 6.31. The Kier molecular flexibility index (Phi) is 4.54. The van der Waals surface area contributed by atoms with E-state index in [1.54, 1.807) is 12.4 Å². The lowest BCUT2D eigenvalue weighted by molar-refractivity contribution is 0.726. The van der Waals surface area contributed by atoms with Crippen LogP contribution in [0.4, 0.5) is 0 Å². The van der Waals surface area contributed by atoms with E-state index in [1.807, 2.05) is 6.07 Å². The summed E-state index contributed by atoms with van der Waals surface area (Å²) in [6.45, 7) is 2.09. The van der Waals surface area contributed by atoms with Crippen molar-refractivity contribution in [1.29, 1.82) is 0 Å². The third-order valence-corrected chi connectivity index (χ3v) is 2.89. The molecule has 0 bridgehead atoms. The van der Waals surface area contributed by atoms with E-state index < -0.39 is 0 Å². The first kappa shape index (κ1) is 10.8. The minimum Gasteiger partial charge on any atom is -0.263 e. The Bertz CT molecular complexity index is 263. The maximum Gasteiger partial charge on any atom is 0.0621 e. The molecule has 0 fully saturated rings. The molecule has 1 unspecified atom stereocenters. The monoisotopic (exact) mass is 217 g/mol. The molecule has 1 heterocycles. The van der Waals surface area contributed by atoms with Crippen LogP contribution in [-0.4, -0.2) is 10.4 Å². The molecule has 1 nitrogen and oxygen atoms in total. The average molecular weight is 218 g/mol. The summed E-state index contributed by atoms with van der Waals surface area (Å²) in [4.78, 5) is 3.93. The van der Waals surface area contributed by atoms with Gasteiger partial charge in [-0.2, -0.15) is 0 Å². The fraction of sp³-hybridized carbons (Fsp3) is 0.500. The first-order valence-corrected chi connectivity index (χ1v) is 5.28. The van der Waals surface area contributed by atoms with Gasteiger partial charge in [0.1, 0.15) is 0 Å². The lowest BCUT2D eigenvalue weighted by atomic mass is 10.1. The summed E-state index contributed by atoms with van der Waals surface area (Å²) in [6, 6.07) is 1.95. The maximum atomic E-state index is 6.01. The lowest BCUT2D eigenvalue weighted by Gasteiger charge is -2.06. The molecule has 1 rings (SSSR count). The summed E-state index contributed by atoms with van der Waals surface area (Å²) in [5.74, 6) is 0. The van der Waals surface area contributed by atoms with Crippen molar-refractivity contribution in [2.24, 2.45) is 0 Å². The van der Waals surface area contributed by atoms with Gasteiger partial charge < -0.3 is 0 Å².